The standard InChI is InChI=1S/C13H16N2O2S2/c1-9-5-12(3-4-13(9)14)19(16,17)15-6-11-8-18-7-10(11)2/h3-5,7-8,15H,6,14H2,1-2H3. The van der Waals surface area contributed by atoms with E-state index in [0.717, 1.165) is 16.7 Å². The van der Waals surface area contributed by atoms with E-state index in [0.29, 0.717) is 12.2 Å². The molecular weight excluding hydrogens is 280 g/mol. The maximum Gasteiger partial charge on any atom is 0.240 e. The highest BCUT2D eigenvalue weighted by Crippen LogP contribution is 2.18. The van der Waals surface area contributed by atoms with Crippen molar-refractivity contribution in [1.82, 2.24) is 4.72 Å². The molecular formula is C13H16N2O2S2. The number of nitrogens with one attached hydrogen (secondary N) is 1. The Kier molecular flexibility index (Phi) is 3.93. The maximum atomic E-state index is 12.2. The Labute approximate surface area is 117 Å². The van der Waals surface area contributed by atoms with Crippen LogP contribution in [0, 0.1) is 13.8 Å². The minimum Gasteiger partial charge on any atom is -0.399 e. The molecule has 0 aliphatic heterocycles. The molecule has 0 unspecified atom stereocenters. The monoisotopic (exact) mass is 296 g/mol. The van der Waals surface area contributed by atoms with Crippen LogP contribution in [0.25, 0.3) is 0 Å². The summed E-state index contributed by atoms with van der Waals surface area (Å²) < 4.78 is 26.9. The van der Waals surface area contributed by atoms with Gasteiger partial charge in [-0.1, -0.05) is 0 Å². The highest BCUT2D eigenvalue weighted by molar-refractivity contribution is 7.89. The van der Waals surface area contributed by atoms with Gasteiger partial charge in [-0.2, -0.15) is 11.3 Å². The SMILES string of the molecule is Cc1cc(S(=O)(=O)NCc2cscc2C)ccc1N. The van der Waals surface area contributed by atoms with Gasteiger partial charge < -0.3 is 5.73 Å². The number of aryl methyl sites for hydroxylation is 2. The van der Waals surface area contributed by atoms with Crippen LogP contribution in [0.5, 0.6) is 0 Å². The summed E-state index contributed by atoms with van der Waals surface area (Å²) in [6.07, 6.45) is 0. The Morgan fingerprint density at radius 3 is 2.53 bits per heavy atom. The summed E-state index contributed by atoms with van der Waals surface area (Å²) >= 11 is 1.57. The van der Waals surface area contributed by atoms with Gasteiger partial charge in [0.15, 0.2) is 0 Å². The summed E-state index contributed by atoms with van der Waals surface area (Å²) in [5.41, 5.74) is 9.14. The summed E-state index contributed by atoms with van der Waals surface area (Å²) in [5.74, 6) is 0. The molecule has 1 aromatic heterocycles. The molecule has 2 rings (SSSR count). The number of hydrogen-bond donors (Lipinski definition) is 2. The first kappa shape index (κ1) is 14.0. The summed E-state index contributed by atoms with van der Waals surface area (Å²) in [6, 6.07) is 4.71. The van der Waals surface area contributed by atoms with Crippen molar-refractivity contribution < 1.29 is 8.42 Å². The molecule has 0 saturated heterocycles. The largest absolute Gasteiger partial charge is 0.399 e. The van der Waals surface area contributed by atoms with Gasteiger partial charge in [0.2, 0.25) is 10.0 Å². The van der Waals surface area contributed by atoms with Crippen molar-refractivity contribution >= 4 is 27.0 Å². The average Bonchev–Trinajstić information content (AvgIpc) is 2.76. The van der Waals surface area contributed by atoms with Gasteiger partial charge in [-0.05, 0) is 59.5 Å². The molecule has 2 aromatic rings. The third-order valence-corrected chi connectivity index (χ3v) is 5.27. The molecule has 0 amide bonds. The molecule has 0 aliphatic carbocycles. The predicted molar refractivity (Wildman–Crippen MR) is 78.7 cm³/mol. The van der Waals surface area contributed by atoms with Gasteiger partial charge >= 0.3 is 0 Å². The van der Waals surface area contributed by atoms with Crippen molar-refractivity contribution in [2.75, 3.05) is 5.73 Å². The Hall–Kier alpha value is -1.37. The molecule has 0 atom stereocenters. The lowest BCUT2D eigenvalue weighted by molar-refractivity contribution is 0.581. The molecule has 0 saturated carbocycles. The van der Waals surface area contributed by atoms with Crippen LogP contribution >= 0.6 is 11.3 Å². The van der Waals surface area contributed by atoms with Crippen molar-refractivity contribution in [3.05, 3.63) is 45.6 Å². The molecule has 0 aliphatic rings. The third kappa shape index (κ3) is 3.15. The average molecular weight is 296 g/mol. The fourth-order valence-corrected chi connectivity index (χ4v) is 3.59. The lowest BCUT2D eigenvalue weighted by Gasteiger charge is -2.08. The normalized spacial score (nSPS) is 11.7. The van der Waals surface area contributed by atoms with Crippen LogP contribution in [0.1, 0.15) is 16.7 Å². The Bertz CT molecular complexity index is 690. The minimum atomic E-state index is -3.49. The van der Waals surface area contributed by atoms with Gasteiger partial charge in [-0.3, -0.25) is 0 Å². The van der Waals surface area contributed by atoms with Crippen LogP contribution in [0.15, 0.2) is 33.9 Å². The van der Waals surface area contributed by atoms with E-state index in [2.05, 4.69) is 4.72 Å². The van der Waals surface area contributed by atoms with Crippen LogP contribution in [-0.2, 0) is 16.6 Å². The number of anilines is 1. The maximum absolute atomic E-state index is 12.2. The smallest absolute Gasteiger partial charge is 0.240 e. The lowest BCUT2D eigenvalue weighted by atomic mass is 10.2. The predicted octanol–water partition coefficient (Wildman–Crippen LogP) is 2.43. The molecule has 4 nitrogen and oxygen atoms in total. The molecule has 19 heavy (non-hydrogen) atoms. The molecule has 6 heteroatoms. The van der Waals surface area contributed by atoms with E-state index >= 15 is 0 Å². The fourth-order valence-electron chi connectivity index (χ4n) is 1.64. The molecule has 0 fully saturated rings. The highest BCUT2D eigenvalue weighted by Gasteiger charge is 2.15. The molecule has 0 bridgehead atoms. The molecule has 0 radical (unpaired) electrons. The lowest BCUT2D eigenvalue weighted by Crippen LogP contribution is -2.23. The van der Waals surface area contributed by atoms with E-state index in [1.165, 1.54) is 6.07 Å². The molecule has 0 spiro atoms. The number of hydrogen-bond acceptors (Lipinski definition) is 4. The number of rotatable bonds is 4. The second kappa shape index (κ2) is 5.32. The van der Waals surface area contributed by atoms with Gasteiger partial charge in [-0.15, -0.1) is 0 Å². The van der Waals surface area contributed by atoms with E-state index in [-0.39, 0.29) is 4.90 Å². The van der Waals surface area contributed by atoms with E-state index in [1.807, 2.05) is 17.7 Å². The first-order valence-corrected chi connectivity index (χ1v) is 8.20. The van der Waals surface area contributed by atoms with Crippen molar-refractivity contribution in [1.29, 1.82) is 0 Å². The van der Waals surface area contributed by atoms with Crippen molar-refractivity contribution in [2.45, 2.75) is 25.3 Å². The number of thiophene rings is 1. The molecule has 102 valence electrons. The number of sulfonamides is 1. The molecule has 1 heterocycles. The van der Waals surface area contributed by atoms with Crippen LogP contribution in [-0.4, -0.2) is 8.42 Å². The summed E-state index contributed by atoms with van der Waals surface area (Å²) in [7, 11) is -3.49. The van der Waals surface area contributed by atoms with Crippen molar-refractivity contribution in [3.63, 3.8) is 0 Å². The zero-order valence-corrected chi connectivity index (χ0v) is 12.4. The number of nitrogen functional groups attached to an aromatic ring is 1. The molecule has 3 N–H and O–H groups in total. The Balaban J connectivity index is 2.18. The topological polar surface area (TPSA) is 72.2 Å². The molecule has 1 aromatic carbocycles. The summed E-state index contributed by atoms with van der Waals surface area (Å²) in [4.78, 5) is 0.243. The first-order valence-electron chi connectivity index (χ1n) is 5.77. The van der Waals surface area contributed by atoms with Crippen LogP contribution in [0.3, 0.4) is 0 Å². The van der Waals surface area contributed by atoms with Crippen molar-refractivity contribution in [2.24, 2.45) is 0 Å². The summed E-state index contributed by atoms with van der Waals surface area (Å²) in [6.45, 7) is 4.06. The highest BCUT2D eigenvalue weighted by atomic mass is 32.2. The second-order valence-electron chi connectivity index (χ2n) is 4.42. The van der Waals surface area contributed by atoms with Gasteiger partial charge in [0, 0.05) is 12.2 Å². The van der Waals surface area contributed by atoms with Crippen LogP contribution in [0.4, 0.5) is 5.69 Å². The fraction of sp³-hybridized carbons (Fsp3) is 0.231. The number of nitrogens with two attached hydrogens (primary N) is 1. The van der Waals surface area contributed by atoms with Crippen LogP contribution < -0.4 is 10.5 Å². The van der Waals surface area contributed by atoms with Gasteiger partial charge in [0.05, 0.1) is 4.90 Å². The zero-order chi connectivity index (χ0) is 14.0. The van der Waals surface area contributed by atoms with Crippen LogP contribution in [0.2, 0.25) is 0 Å². The first-order chi connectivity index (χ1) is 8.90. The van der Waals surface area contributed by atoms with Gasteiger partial charge in [0.1, 0.15) is 0 Å². The van der Waals surface area contributed by atoms with Gasteiger partial charge in [-0.25, -0.2) is 13.1 Å². The minimum absolute atomic E-state index is 0.243. The van der Waals surface area contributed by atoms with E-state index < -0.39 is 10.0 Å². The van der Waals surface area contributed by atoms with Crippen molar-refractivity contribution in [3.8, 4) is 0 Å². The van der Waals surface area contributed by atoms with E-state index in [9.17, 15) is 8.42 Å². The Morgan fingerprint density at radius 1 is 1.21 bits per heavy atom. The summed E-state index contributed by atoms with van der Waals surface area (Å²) in [5, 5.41) is 3.95. The quantitative estimate of drug-likeness (QED) is 0.851. The van der Waals surface area contributed by atoms with Gasteiger partial charge in [0.25, 0.3) is 0 Å². The Morgan fingerprint density at radius 2 is 1.95 bits per heavy atom. The van der Waals surface area contributed by atoms with E-state index in [4.69, 9.17) is 5.73 Å². The zero-order valence-electron chi connectivity index (χ0n) is 10.8. The number of benzene rings is 1. The second-order valence-corrected chi connectivity index (χ2v) is 6.93. The third-order valence-electron chi connectivity index (χ3n) is 2.97. The van der Waals surface area contributed by atoms with E-state index in [1.54, 1.807) is 30.4 Å².